The van der Waals surface area contributed by atoms with Gasteiger partial charge in [0.25, 0.3) is 6.71 Å². The first kappa shape index (κ1) is 26.2. The van der Waals surface area contributed by atoms with Crippen molar-refractivity contribution in [2.24, 2.45) is 0 Å². The smallest absolute Gasteiger partial charge is 0.252 e. The molecule has 10 rings (SSSR count). The van der Waals surface area contributed by atoms with Crippen molar-refractivity contribution in [3.63, 3.8) is 0 Å². The molecule has 4 heteroatoms. The Morgan fingerprint density at radius 1 is 0.404 bits per heavy atom. The van der Waals surface area contributed by atoms with E-state index in [1.165, 1.54) is 72.2 Å². The molecular weight excluding hydrogens is 569 g/mol. The average Bonchev–Trinajstić information content (AvgIpc) is 3.46. The first-order chi connectivity index (χ1) is 23.3. The molecule has 0 atom stereocenters. The van der Waals surface area contributed by atoms with Gasteiger partial charge in [-0.1, -0.05) is 97.1 Å². The van der Waals surface area contributed by atoms with Crippen molar-refractivity contribution in [1.82, 2.24) is 4.57 Å². The number of rotatable bonds is 3. The van der Waals surface area contributed by atoms with E-state index in [2.05, 4.69) is 185 Å². The Hall–Kier alpha value is -6.00. The minimum Gasteiger partial charge on any atom is -0.311 e. The van der Waals surface area contributed by atoms with E-state index >= 15 is 0 Å². The Morgan fingerprint density at radius 3 is 1.55 bits per heavy atom. The van der Waals surface area contributed by atoms with Crippen LogP contribution >= 0.6 is 0 Å². The Kier molecular flexibility index (Phi) is 5.59. The average molecular weight is 600 g/mol. The lowest BCUT2D eigenvalue weighted by Gasteiger charge is -2.44. The van der Waals surface area contributed by atoms with Crippen LogP contribution in [0.4, 0.5) is 34.1 Å². The summed E-state index contributed by atoms with van der Waals surface area (Å²) in [5, 5.41) is 2.54. The van der Waals surface area contributed by atoms with E-state index in [4.69, 9.17) is 0 Å². The van der Waals surface area contributed by atoms with Gasteiger partial charge in [-0.3, -0.25) is 0 Å². The fourth-order valence-electron chi connectivity index (χ4n) is 8.12. The van der Waals surface area contributed by atoms with Gasteiger partial charge in [0.1, 0.15) is 0 Å². The summed E-state index contributed by atoms with van der Waals surface area (Å²) in [6.07, 6.45) is 0. The third kappa shape index (κ3) is 3.76. The lowest BCUT2D eigenvalue weighted by Crippen LogP contribution is -2.61. The Balaban J connectivity index is 1.29. The molecule has 0 amide bonds. The van der Waals surface area contributed by atoms with Crippen molar-refractivity contribution in [1.29, 1.82) is 0 Å². The molecule has 1 aromatic heterocycles. The van der Waals surface area contributed by atoms with Crippen molar-refractivity contribution >= 4 is 79.0 Å². The highest BCUT2D eigenvalue weighted by atomic mass is 15.2. The molecule has 47 heavy (non-hydrogen) atoms. The maximum atomic E-state index is 2.49. The topological polar surface area (TPSA) is 11.4 Å². The third-order valence-electron chi connectivity index (χ3n) is 9.97. The summed E-state index contributed by atoms with van der Waals surface area (Å²) in [6, 6.07) is 60.0. The lowest BCUT2D eigenvalue weighted by molar-refractivity contribution is 1.17. The molecule has 2 aliphatic heterocycles. The van der Waals surface area contributed by atoms with Crippen molar-refractivity contribution in [2.75, 3.05) is 9.80 Å². The van der Waals surface area contributed by atoms with Crippen LogP contribution in [0.25, 0.3) is 27.5 Å². The number of para-hydroxylation sites is 5. The minimum absolute atomic E-state index is 0.0962. The van der Waals surface area contributed by atoms with Crippen molar-refractivity contribution < 1.29 is 0 Å². The first-order valence-electron chi connectivity index (χ1n) is 16.3. The second kappa shape index (κ2) is 10.0. The van der Waals surface area contributed by atoms with Gasteiger partial charge in [0.05, 0.1) is 11.0 Å². The van der Waals surface area contributed by atoms with Gasteiger partial charge in [0.15, 0.2) is 0 Å². The molecule has 2 aliphatic rings. The summed E-state index contributed by atoms with van der Waals surface area (Å²) in [4.78, 5) is 4.95. The zero-order chi connectivity index (χ0) is 31.1. The summed E-state index contributed by atoms with van der Waals surface area (Å²) in [5.74, 6) is 0. The fourth-order valence-corrected chi connectivity index (χ4v) is 8.12. The largest absolute Gasteiger partial charge is 0.311 e. The molecule has 0 fully saturated rings. The van der Waals surface area contributed by atoms with E-state index in [9.17, 15) is 0 Å². The van der Waals surface area contributed by atoms with Gasteiger partial charge in [-0.25, -0.2) is 0 Å². The van der Waals surface area contributed by atoms with Crippen molar-refractivity contribution in [3.05, 3.63) is 169 Å². The van der Waals surface area contributed by atoms with E-state index in [1.807, 2.05) is 0 Å². The molecule has 0 spiro atoms. The van der Waals surface area contributed by atoms with Gasteiger partial charge < -0.3 is 14.4 Å². The van der Waals surface area contributed by atoms with Crippen LogP contribution in [0.5, 0.6) is 0 Å². The lowest BCUT2D eigenvalue weighted by atomic mass is 9.33. The van der Waals surface area contributed by atoms with Gasteiger partial charge in [-0.05, 0) is 95.6 Å². The van der Waals surface area contributed by atoms with E-state index in [0.29, 0.717) is 0 Å². The predicted molar refractivity (Wildman–Crippen MR) is 200 cm³/mol. The first-order valence-corrected chi connectivity index (χ1v) is 16.3. The molecular formula is C43H30BN3. The molecule has 0 unspecified atom stereocenters. The highest BCUT2D eigenvalue weighted by Gasteiger charge is 2.43. The summed E-state index contributed by atoms with van der Waals surface area (Å²) in [6.45, 7) is 2.32. The number of fused-ring (bicyclic) bond motifs is 7. The van der Waals surface area contributed by atoms with Gasteiger partial charge in [-0.2, -0.15) is 0 Å². The zero-order valence-electron chi connectivity index (χ0n) is 26.0. The highest BCUT2D eigenvalue weighted by Crippen LogP contribution is 2.45. The second-order valence-corrected chi connectivity index (χ2v) is 12.7. The Labute approximate surface area is 274 Å². The van der Waals surface area contributed by atoms with Crippen molar-refractivity contribution in [3.8, 4) is 5.69 Å². The fraction of sp³-hybridized carbons (Fsp3) is 0.0233. The van der Waals surface area contributed by atoms with E-state index in [1.54, 1.807) is 0 Å². The van der Waals surface area contributed by atoms with Crippen LogP contribution in [0.2, 0.25) is 0 Å². The van der Waals surface area contributed by atoms with Gasteiger partial charge in [0.2, 0.25) is 0 Å². The van der Waals surface area contributed by atoms with Gasteiger partial charge >= 0.3 is 0 Å². The van der Waals surface area contributed by atoms with Crippen LogP contribution in [-0.2, 0) is 0 Å². The van der Waals surface area contributed by atoms with E-state index in [-0.39, 0.29) is 6.71 Å². The standard InChI is InChI=1S/C43H30BN3/c1-29-26-41-43-42(27-29)46(31-16-6-3-7-17-31)40-28-32(47-37-21-11-8-18-33(37)34-19-9-12-22-38(34)47)24-25-36(40)44(43)35-20-10-13-23-39(35)45(41)30-14-4-2-5-15-30/h2-28H,1H3. The van der Waals surface area contributed by atoms with Crippen LogP contribution in [0.1, 0.15) is 5.56 Å². The van der Waals surface area contributed by atoms with Gasteiger partial charge in [-0.15, -0.1) is 0 Å². The molecule has 0 N–H and O–H groups in total. The van der Waals surface area contributed by atoms with Crippen molar-refractivity contribution in [2.45, 2.75) is 6.92 Å². The SMILES string of the molecule is Cc1cc2c3c(c1)N(c1ccccc1)c1cc(-n4c5ccccc5c5ccccc54)ccc1B3c1ccccc1N2c1ccccc1. The normalized spacial score (nSPS) is 13.1. The molecule has 220 valence electrons. The number of aryl methyl sites for hydroxylation is 1. The molecule has 0 saturated heterocycles. The molecule has 0 aliphatic carbocycles. The van der Waals surface area contributed by atoms with Crippen LogP contribution in [0, 0.1) is 6.92 Å². The Bertz CT molecular complexity index is 2450. The number of anilines is 6. The highest BCUT2D eigenvalue weighted by molar-refractivity contribution is 7.00. The third-order valence-corrected chi connectivity index (χ3v) is 9.97. The molecule has 3 nitrogen and oxygen atoms in total. The Morgan fingerprint density at radius 2 is 0.915 bits per heavy atom. The van der Waals surface area contributed by atoms with E-state index in [0.717, 1.165) is 11.4 Å². The number of hydrogen-bond acceptors (Lipinski definition) is 2. The summed E-state index contributed by atoms with van der Waals surface area (Å²) in [5.41, 5.74) is 16.1. The molecule has 3 heterocycles. The molecule has 8 aromatic rings. The minimum atomic E-state index is 0.0962. The maximum Gasteiger partial charge on any atom is 0.252 e. The molecule has 0 saturated carbocycles. The monoisotopic (exact) mass is 599 g/mol. The number of hydrogen-bond donors (Lipinski definition) is 0. The second-order valence-electron chi connectivity index (χ2n) is 12.7. The molecule has 0 radical (unpaired) electrons. The summed E-state index contributed by atoms with van der Waals surface area (Å²) in [7, 11) is 0. The zero-order valence-corrected chi connectivity index (χ0v) is 26.0. The molecule has 0 bridgehead atoms. The van der Waals surface area contributed by atoms with Crippen LogP contribution < -0.4 is 26.2 Å². The van der Waals surface area contributed by atoms with E-state index < -0.39 is 0 Å². The van der Waals surface area contributed by atoms with Crippen LogP contribution in [0.15, 0.2) is 164 Å². The number of benzene rings is 7. The van der Waals surface area contributed by atoms with Gasteiger partial charge in [0, 0.05) is 50.6 Å². The van der Waals surface area contributed by atoms with Crippen LogP contribution in [0.3, 0.4) is 0 Å². The number of nitrogens with zero attached hydrogens (tertiary/aromatic N) is 3. The quantitative estimate of drug-likeness (QED) is 0.188. The maximum absolute atomic E-state index is 2.49. The summed E-state index contributed by atoms with van der Waals surface area (Å²) < 4.78 is 2.43. The predicted octanol–water partition coefficient (Wildman–Crippen LogP) is 9.17. The summed E-state index contributed by atoms with van der Waals surface area (Å²) >= 11 is 0. The van der Waals surface area contributed by atoms with Crippen LogP contribution in [-0.4, -0.2) is 11.3 Å². The number of aromatic nitrogens is 1. The molecule has 7 aromatic carbocycles.